The molecule has 0 spiro atoms. The minimum Gasteiger partial charge on any atom is -0.422 e. The number of carbonyl (C=O) groups is 1. The van der Waals surface area contributed by atoms with Gasteiger partial charge in [0.15, 0.2) is 0 Å². The Morgan fingerprint density at radius 1 is 1.09 bits per heavy atom. The number of benzene rings is 1. The molecule has 22 heavy (non-hydrogen) atoms. The van der Waals surface area contributed by atoms with Gasteiger partial charge in [0.25, 0.3) is 5.91 Å². The molecule has 1 heterocycles. The summed E-state index contributed by atoms with van der Waals surface area (Å²) in [6.45, 7) is 2.78. The summed E-state index contributed by atoms with van der Waals surface area (Å²) in [5, 5.41) is 3.55. The Kier molecular flexibility index (Phi) is 6.19. The summed E-state index contributed by atoms with van der Waals surface area (Å²) in [5.74, 6) is -0.354. The molecule has 0 radical (unpaired) electrons. The highest BCUT2D eigenvalue weighted by molar-refractivity contribution is 5.96. The van der Waals surface area contributed by atoms with Gasteiger partial charge >= 0.3 is 5.63 Å². The van der Waals surface area contributed by atoms with Crippen LogP contribution in [0.2, 0.25) is 0 Å². The molecule has 118 valence electrons. The lowest BCUT2D eigenvalue weighted by Gasteiger charge is -2.05. The van der Waals surface area contributed by atoms with E-state index in [-0.39, 0.29) is 11.5 Å². The summed E-state index contributed by atoms with van der Waals surface area (Å²) in [7, 11) is 0. The summed E-state index contributed by atoms with van der Waals surface area (Å²) < 4.78 is 5.17. The molecule has 1 aromatic heterocycles. The molecule has 0 aliphatic heterocycles. The maximum atomic E-state index is 12.1. The van der Waals surface area contributed by atoms with Crippen LogP contribution in [0.4, 0.5) is 0 Å². The second-order valence-electron chi connectivity index (χ2n) is 5.51. The van der Waals surface area contributed by atoms with Crippen LogP contribution < -0.4 is 10.9 Å². The fourth-order valence-electron chi connectivity index (χ4n) is 2.42. The molecule has 0 bridgehead atoms. The molecule has 0 fully saturated rings. The molecule has 0 saturated carbocycles. The van der Waals surface area contributed by atoms with Crippen LogP contribution in [-0.2, 0) is 0 Å². The number of hydrogen-bond acceptors (Lipinski definition) is 3. The van der Waals surface area contributed by atoms with Crippen molar-refractivity contribution in [2.45, 2.75) is 45.4 Å². The van der Waals surface area contributed by atoms with Gasteiger partial charge in [-0.2, -0.15) is 0 Å². The Morgan fingerprint density at radius 3 is 2.64 bits per heavy atom. The number of para-hydroxylation sites is 1. The van der Waals surface area contributed by atoms with Crippen molar-refractivity contribution in [1.29, 1.82) is 0 Å². The first-order chi connectivity index (χ1) is 10.7. The van der Waals surface area contributed by atoms with E-state index in [2.05, 4.69) is 12.2 Å². The smallest absolute Gasteiger partial charge is 0.349 e. The lowest BCUT2D eigenvalue weighted by atomic mass is 10.1. The topological polar surface area (TPSA) is 59.3 Å². The average Bonchev–Trinajstić information content (AvgIpc) is 2.53. The number of carbonyl (C=O) groups excluding carboxylic acids is 1. The molecular formula is C18H23NO3. The Bertz CT molecular complexity index is 675. The van der Waals surface area contributed by atoms with Crippen LogP contribution >= 0.6 is 0 Å². The van der Waals surface area contributed by atoms with Crippen molar-refractivity contribution in [2.75, 3.05) is 6.54 Å². The van der Waals surface area contributed by atoms with E-state index < -0.39 is 5.63 Å². The van der Waals surface area contributed by atoms with Gasteiger partial charge in [-0.05, 0) is 18.6 Å². The van der Waals surface area contributed by atoms with E-state index in [1.165, 1.54) is 25.7 Å². The predicted molar refractivity (Wildman–Crippen MR) is 88.2 cm³/mol. The molecule has 1 amide bonds. The van der Waals surface area contributed by atoms with E-state index in [0.717, 1.165) is 18.2 Å². The highest BCUT2D eigenvalue weighted by atomic mass is 16.4. The van der Waals surface area contributed by atoms with Gasteiger partial charge in [0.05, 0.1) is 0 Å². The summed E-state index contributed by atoms with van der Waals surface area (Å²) in [5.41, 5.74) is -0.0104. The fourth-order valence-corrected chi connectivity index (χ4v) is 2.42. The van der Waals surface area contributed by atoms with E-state index in [0.29, 0.717) is 12.1 Å². The van der Waals surface area contributed by atoms with Gasteiger partial charge in [0, 0.05) is 11.9 Å². The third-order valence-electron chi connectivity index (χ3n) is 3.70. The normalized spacial score (nSPS) is 10.8. The van der Waals surface area contributed by atoms with Crippen molar-refractivity contribution >= 4 is 16.9 Å². The van der Waals surface area contributed by atoms with Crippen molar-refractivity contribution in [1.82, 2.24) is 5.32 Å². The molecule has 2 aromatic rings. The number of unbranched alkanes of at least 4 members (excludes halogenated alkanes) is 5. The number of fused-ring (bicyclic) bond motifs is 1. The predicted octanol–water partition coefficient (Wildman–Crippen LogP) is 3.88. The molecule has 0 aliphatic carbocycles. The van der Waals surface area contributed by atoms with Crippen LogP contribution in [0.1, 0.15) is 55.8 Å². The van der Waals surface area contributed by atoms with Crippen LogP contribution in [0, 0.1) is 0 Å². The lowest BCUT2D eigenvalue weighted by molar-refractivity contribution is 0.0949. The number of amides is 1. The first-order valence-corrected chi connectivity index (χ1v) is 8.03. The van der Waals surface area contributed by atoms with E-state index in [9.17, 15) is 9.59 Å². The zero-order valence-corrected chi connectivity index (χ0v) is 13.1. The monoisotopic (exact) mass is 301 g/mol. The van der Waals surface area contributed by atoms with Gasteiger partial charge in [-0.1, -0.05) is 57.2 Å². The molecule has 0 atom stereocenters. The minimum atomic E-state index is -0.584. The Balaban J connectivity index is 1.87. The van der Waals surface area contributed by atoms with Crippen molar-refractivity contribution in [2.24, 2.45) is 0 Å². The third kappa shape index (κ3) is 4.45. The summed E-state index contributed by atoms with van der Waals surface area (Å²) in [4.78, 5) is 23.9. The van der Waals surface area contributed by atoms with Gasteiger partial charge in [0.1, 0.15) is 11.1 Å². The number of rotatable bonds is 8. The van der Waals surface area contributed by atoms with E-state index >= 15 is 0 Å². The van der Waals surface area contributed by atoms with Crippen molar-refractivity contribution < 1.29 is 9.21 Å². The van der Waals surface area contributed by atoms with Crippen molar-refractivity contribution in [3.05, 3.63) is 46.3 Å². The molecule has 0 saturated heterocycles. The molecule has 2 rings (SSSR count). The summed E-state index contributed by atoms with van der Waals surface area (Å²) in [6.07, 6.45) is 6.99. The van der Waals surface area contributed by atoms with Crippen molar-refractivity contribution in [3.63, 3.8) is 0 Å². The van der Waals surface area contributed by atoms with Gasteiger partial charge < -0.3 is 9.73 Å². The molecular weight excluding hydrogens is 278 g/mol. The highest BCUT2D eigenvalue weighted by Gasteiger charge is 2.12. The SMILES string of the molecule is CCCCCCCCNC(=O)c1cc2ccccc2oc1=O. The summed E-state index contributed by atoms with van der Waals surface area (Å²) in [6, 6.07) is 8.78. The van der Waals surface area contributed by atoms with Gasteiger partial charge in [-0.25, -0.2) is 4.79 Å². The van der Waals surface area contributed by atoms with Gasteiger partial charge in [-0.3, -0.25) is 4.79 Å². The molecule has 4 nitrogen and oxygen atoms in total. The van der Waals surface area contributed by atoms with Crippen LogP contribution in [-0.4, -0.2) is 12.5 Å². The minimum absolute atomic E-state index is 0.0738. The Hall–Kier alpha value is -2.10. The van der Waals surface area contributed by atoms with E-state index in [1.807, 2.05) is 12.1 Å². The van der Waals surface area contributed by atoms with Crippen LogP contribution in [0.5, 0.6) is 0 Å². The molecule has 1 N–H and O–H groups in total. The molecule has 0 aliphatic rings. The zero-order valence-electron chi connectivity index (χ0n) is 13.1. The maximum absolute atomic E-state index is 12.1. The summed E-state index contributed by atoms with van der Waals surface area (Å²) >= 11 is 0. The van der Waals surface area contributed by atoms with E-state index in [4.69, 9.17) is 4.42 Å². The largest absolute Gasteiger partial charge is 0.422 e. The van der Waals surface area contributed by atoms with Crippen LogP contribution in [0.25, 0.3) is 11.0 Å². The second-order valence-corrected chi connectivity index (χ2v) is 5.51. The molecule has 4 heteroatoms. The lowest BCUT2D eigenvalue weighted by Crippen LogP contribution is -2.29. The van der Waals surface area contributed by atoms with Crippen LogP contribution in [0.3, 0.4) is 0 Å². The first-order valence-electron chi connectivity index (χ1n) is 8.03. The van der Waals surface area contributed by atoms with Crippen LogP contribution in [0.15, 0.2) is 39.5 Å². The van der Waals surface area contributed by atoms with Gasteiger partial charge in [-0.15, -0.1) is 0 Å². The Labute approximate surface area is 130 Å². The average molecular weight is 301 g/mol. The van der Waals surface area contributed by atoms with Crippen molar-refractivity contribution in [3.8, 4) is 0 Å². The highest BCUT2D eigenvalue weighted by Crippen LogP contribution is 2.12. The molecule has 1 aromatic carbocycles. The quantitative estimate of drug-likeness (QED) is 0.594. The standard InChI is InChI=1S/C18H23NO3/c1-2-3-4-5-6-9-12-19-17(20)15-13-14-10-7-8-11-16(14)22-18(15)21/h7-8,10-11,13H,2-6,9,12H2,1H3,(H,19,20). The maximum Gasteiger partial charge on any atom is 0.349 e. The first kappa shape index (κ1) is 16.3. The fraction of sp³-hybridized carbons (Fsp3) is 0.444. The van der Waals surface area contributed by atoms with Gasteiger partial charge in [0.2, 0.25) is 0 Å². The molecule has 0 unspecified atom stereocenters. The Morgan fingerprint density at radius 2 is 1.82 bits per heavy atom. The number of hydrogen-bond donors (Lipinski definition) is 1. The third-order valence-corrected chi connectivity index (χ3v) is 3.70. The van der Waals surface area contributed by atoms with E-state index in [1.54, 1.807) is 18.2 Å². The zero-order chi connectivity index (χ0) is 15.8. The second kappa shape index (κ2) is 8.37. The number of nitrogens with one attached hydrogen (secondary N) is 1.